The van der Waals surface area contributed by atoms with Crippen LogP contribution in [0.15, 0.2) is 41.0 Å². The summed E-state index contributed by atoms with van der Waals surface area (Å²) in [5, 5.41) is 13.7. The van der Waals surface area contributed by atoms with Crippen LogP contribution in [0.2, 0.25) is 0 Å². The predicted molar refractivity (Wildman–Crippen MR) is 83.0 cm³/mol. The summed E-state index contributed by atoms with van der Waals surface area (Å²) >= 11 is 0. The molecule has 2 aromatic rings. The third-order valence-corrected chi connectivity index (χ3v) is 3.37. The van der Waals surface area contributed by atoms with E-state index in [0.29, 0.717) is 22.6 Å². The monoisotopic (exact) mass is 330 g/mol. The standard InChI is InChI=1S/C16H14N2O6/c19-15(17-8-14-2-1-5-23-14)4-3-11-6-13(18(20)21)7-12-9-22-10-24-16(11)12/h1-7H,8-10H2,(H,17,19). The number of rotatable bonds is 5. The van der Waals surface area contributed by atoms with Gasteiger partial charge < -0.3 is 19.2 Å². The molecule has 3 rings (SSSR count). The Hall–Kier alpha value is -3.13. The minimum atomic E-state index is -0.497. The maximum atomic E-state index is 11.9. The number of nitrogens with one attached hydrogen (secondary N) is 1. The molecule has 1 N–H and O–H groups in total. The van der Waals surface area contributed by atoms with Crippen molar-refractivity contribution in [2.75, 3.05) is 6.79 Å². The van der Waals surface area contributed by atoms with Crippen molar-refractivity contribution in [2.24, 2.45) is 0 Å². The first kappa shape index (κ1) is 15.8. The predicted octanol–water partition coefficient (Wildman–Crippen LogP) is 2.38. The summed E-state index contributed by atoms with van der Waals surface area (Å²) in [7, 11) is 0. The summed E-state index contributed by atoms with van der Waals surface area (Å²) in [5.74, 6) is 0.769. The molecule has 0 bridgehead atoms. The van der Waals surface area contributed by atoms with Crippen LogP contribution in [0.4, 0.5) is 5.69 Å². The number of amides is 1. The van der Waals surface area contributed by atoms with Gasteiger partial charge in [-0.15, -0.1) is 0 Å². The number of hydrogen-bond donors (Lipinski definition) is 1. The van der Waals surface area contributed by atoms with Crippen molar-refractivity contribution in [2.45, 2.75) is 13.2 Å². The van der Waals surface area contributed by atoms with E-state index in [1.807, 2.05) is 0 Å². The Bertz CT molecular complexity index is 782. The topological polar surface area (TPSA) is 104 Å². The number of nitro groups is 1. The molecule has 1 aromatic carbocycles. The minimum Gasteiger partial charge on any atom is -0.467 e. The summed E-state index contributed by atoms with van der Waals surface area (Å²) in [6, 6.07) is 6.24. The van der Waals surface area contributed by atoms with Gasteiger partial charge >= 0.3 is 0 Å². The Morgan fingerprint density at radius 1 is 1.42 bits per heavy atom. The second-order valence-corrected chi connectivity index (χ2v) is 5.02. The number of hydrogen-bond acceptors (Lipinski definition) is 6. The number of carbonyl (C=O) groups is 1. The Labute approximate surface area is 136 Å². The SMILES string of the molecule is O=C(C=Cc1cc([N+](=O)[O-])cc2c1OCOC2)NCc1ccco1. The second-order valence-electron chi connectivity index (χ2n) is 5.02. The zero-order valence-corrected chi connectivity index (χ0v) is 12.6. The molecule has 0 saturated carbocycles. The number of ether oxygens (including phenoxy) is 2. The molecule has 0 fully saturated rings. The molecular formula is C16H14N2O6. The van der Waals surface area contributed by atoms with Crippen molar-refractivity contribution in [3.63, 3.8) is 0 Å². The van der Waals surface area contributed by atoms with Crippen molar-refractivity contribution in [3.05, 3.63) is 63.6 Å². The summed E-state index contributed by atoms with van der Waals surface area (Å²) in [6.07, 6.45) is 4.29. The normalized spacial score (nSPS) is 13.3. The lowest BCUT2D eigenvalue weighted by Crippen LogP contribution is -2.19. The first-order chi connectivity index (χ1) is 11.6. The van der Waals surface area contributed by atoms with Crippen LogP contribution in [0, 0.1) is 10.1 Å². The molecule has 0 spiro atoms. The quantitative estimate of drug-likeness (QED) is 0.513. The largest absolute Gasteiger partial charge is 0.467 e. The molecule has 0 radical (unpaired) electrons. The molecule has 1 aromatic heterocycles. The lowest BCUT2D eigenvalue weighted by molar-refractivity contribution is -0.385. The van der Waals surface area contributed by atoms with E-state index in [1.54, 1.807) is 12.1 Å². The van der Waals surface area contributed by atoms with Crippen molar-refractivity contribution >= 4 is 17.7 Å². The van der Waals surface area contributed by atoms with Gasteiger partial charge in [0.05, 0.1) is 24.3 Å². The molecule has 1 aliphatic rings. The van der Waals surface area contributed by atoms with E-state index >= 15 is 0 Å². The van der Waals surface area contributed by atoms with Crippen LogP contribution >= 0.6 is 0 Å². The van der Waals surface area contributed by atoms with E-state index < -0.39 is 4.92 Å². The molecular weight excluding hydrogens is 316 g/mol. The fraction of sp³-hybridized carbons (Fsp3) is 0.188. The Morgan fingerprint density at radius 2 is 2.29 bits per heavy atom. The minimum absolute atomic E-state index is 0.0658. The zero-order valence-electron chi connectivity index (χ0n) is 12.6. The number of benzene rings is 1. The molecule has 8 nitrogen and oxygen atoms in total. The van der Waals surface area contributed by atoms with E-state index in [1.165, 1.54) is 30.5 Å². The Kier molecular flexibility index (Phi) is 4.57. The molecule has 2 heterocycles. The summed E-state index contributed by atoms with van der Waals surface area (Å²) in [5.41, 5.74) is 0.945. The van der Waals surface area contributed by atoms with Crippen LogP contribution < -0.4 is 10.1 Å². The van der Waals surface area contributed by atoms with Crippen LogP contribution in [-0.4, -0.2) is 17.6 Å². The van der Waals surface area contributed by atoms with E-state index in [2.05, 4.69) is 5.32 Å². The first-order valence-corrected chi connectivity index (χ1v) is 7.13. The van der Waals surface area contributed by atoms with Crippen LogP contribution in [0.1, 0.15) is 16.9 Å². The number of nitrogens with zero attached hydrogens (tertiary/aromatic N) is 1. The molecule has 0 unspecified atom stereocenters. The lowest BCUT2D eigenvalue weighted by atomic mass is 10.1. The Morgan fingerprint density at radius 3 is 3.04 bits per heavy atom. The van der Waals surface area contributed by atoms with Crippen LogP contribution in [0.3, 0.4) is 0 Å². The third-order valence-electron chi connectivity index (χ3n) is 3.37. The van der Waals surface area contributed by atoms with Gasteiger partial charge in [-0.1, -0.05) is 0 Å². The summed E-state index contributed by atoms with van der Waals surface area (Å²) in [4.78, 5) is 22.4. The van der Waals surface area contributed by atoms with E-state index in [4.69, 9.17) is 13.9 Å². The zero-order chi connectivity index (χ0) is 16.9. The highest BCUT2D eigenvalue weighted by atomic mass is 16.7. The van der Waals surface area contributed by atoms with Gasteiger partial charge in [-0.2, -0.15) is 0 Å². The van der Waals surface area contributed by atoms with Crippen LogP contribution in [-0.2, 0) is 22.7 Å². The highest BCUT2D eigenvalue weighted by molar-refractivity contribution is 5.92. The number of non-ortho nitro benzene ring substituents is 1. The summed E-state index contributed by atoms with van der Waals surface area (Å²) in [6.45, 7) is 0.548. The van der Waals surface area contributed by atoms with E-state index in [0.717, 1.165) is 0 Å². The fourth-order valence-electron chi connectivity index (χ4n) is 2.27. The van der Waals surface area contributed by atoms with Gasteiger partial charge in [0.2, 0.25) is 5.91 Å². The van der Waals surface area contributed by atoms with Gasteiger partial charge in [0.25, 0.3) is 5.69 Å². The lowest BCUT2D eigenvalue weighted by Gasteiger charge is -2.19. The van der Waals surface area contributed by atoms with Gasteiger partial charge in [0, 0.05) is 29.3 Å². The Balaban J connectivity index is 1.76. The average molecular weight is 330 g/mol. The van der Waals surface area contributed by atoms with Gasteiger partial charge in [-0.25, -0.2) is 0 Å². The molecule has 0 aliphatic carbocycles. The van der Waals surface area contributed by atoms with Crippen molar-refractivity contribution < 1.29 is 23.6 Å². The number of fused-ring (bicyclic) bond motifs is 1. The molecule has 0 saturated heterocycles. The molecule has 124 valence electrons. The van der Waals surface area contributed by atoms with Crippen molar-refractivity contribution in [1.29, 1.82) is 0 Å². The van der Waals surface area contributed by atoms with Gasteiger partial charge in [0.1, 0.15) is 11.5 Å². The average Bonchev–Trinajstić information content (AvgIpc) is 3.11. The molecule has 0 atom stereocenters. The smallest absolute Gasteiger partial charge is 0.270 e. The number of furan rings is 1. The van der Waals surface area contributed by atoms with Crippen molar-refractivity contribution in [3.8, 4) is 5.75 Å². The molecule has 1 aliphatic heterocycles. The summed E-state index contributed by atoms with van der Waals surface area (Å²) < 4.78 is 15.6. The molecule has 8 heteroatoms. The number of carbonyl (C=O) groups excluding carboxylic acids is 1. The van der Waals surface area contributed by atoms with Crippen LogP contribution in [0.25, 0.3) is 6.08 Å². The number of nitro benzene ring substituents is 1. The highest BCUT2D eigenvalue weighted by Crippen LogP contribution is 2.33. The second kappa shape index (κ2) is 6.97. The van der Waals surface area contributed by atoms with Gasteiger partial charge in [0.15, 0.2) is 6.79 Å². The van der Waals surface area contributed by atoms with Gasteiger partial charge in [-0.05, 0) is 18.2 Å². The third kappa shape index (κ3) is 3.61. The van der Waals surface area contributed by atoms with E-state index in [-0.39, 0.29) is 31.5 Å². The molecule has 1 amide bonds. The maximum absolute atomic E-state index is 11.9. The maximum Gasteiger partial charge on any atom is 0.270 e. The van der Waals surface area contributed by atoms with Crippen LogP contribution in [0.5, 0.6) is 5.75 Å². The highest BCUT2D eigenvalue weighted by Gasteiger charge is 2.19. The van der Waals surface area contributed by atoms with E-state index in [9.17, 15) is 14.9 Å². The fourth-order valence-corrected chi connectivity index (χ4v) is 2.27. The first-order valence-electron chi connectivity index (χ1n) is 7.13. The van der Waals surface area contributed by atoms with Crippen molar-refractivity contribution in [1.82, 2.24) is 5.32 Å². The van der Waals surface area contributed by atoms with Gasteiger partial charge in [-0.3, -0.25) is 14.9 Å². The molecule has 24 heavy (non-hydrogen) atoms.